The highest BCUT2D eigenvalue weighted by Gasteiger charge is 2.09. The second-order valence-corrected chi connectivity index (χ2v) is 30.1. The van der Waals surface area contributed by atoms with Gasteiger partial charge in [0.15, 0.2) is 5.69 Å². The molecule has 11 aromatic carbocycles. The van der Waals surface area contributed by atoms with E-state index < -0.39 is 0 Å². The summed E-state index contributed by atoms with van der Waals surface area (Å²) in [5.74, 6) is 3.06. The Labute approximate surface area is 724 Å². The van der Waals surface area contributed by atoms with Gasteiger partial charge in [0.1, 0.15) is 59.2 Å². The summed E-state index contributed by atoms with van der Waals surface area (Å²) >= 11 is 6.87. The predicted molar refractivity (Wildman–Crippen MR) is 490 cm³/mol. The number of alkyl halides is 2. The molecule has 634 valence electrons. The number of unbranched alkanes of at least 4 members (excludes halogenated alkanes) is 6. The normalized spacial score (nSPS) is 10.7. The Morgan fingerprint density at radius 1 is 0.361 bits per heavy atom. The summed E-state index contributed by atoms with van der Waals surface area (Å²) in [6.45, 7) is 28.7. The minimum Gasteiger partial charge on any atom is -0.508 e. The Hall–Kier alpha value is -10.5. The number of ether oxygens (including phenoxy) is 6. The highest BCUT2D eigenvalue weighted by Crippen LogP contribution is 2.30. The monoisotopic (exact) mass is 1740 g/mol. The number of rotatable bonds is 28. The van der Waals surface area contributed by atoms with Crippen LogP contribution in [0.4, 0.5) is 5.69 Å². The molecule has 119 heavy (non-hydrogen) atoms. The fourth-order valence-corrected chi connectivity index (χ4v) is 13.1. The molecule has 1 saturated heterocycles. The Kier molecular flexibility index (Phi) is 49.5. The number of nitrogens with zero attached hydrogens (tertiary/aromatic N) is 2. The molecule has 0 atom stereocenters. The van der Waals surface area contributed by atoms with E-state index in [-0.39, 0.29) is 56.9 Å². The van der Waals surface area contributed by atoms with Crippen LogP contribution < -0.4 is 18.9 Å². The number of aromatic hydroxyl groups is 4. The third-order valence-electron chi connectivity index (χ3n) is 17.7. The molecular weight excluding hydrogens is 1620 g/mol. The molecule has 11 aromatic rings. The van der Waals surface area contributed by atoms with E-state index in [0.29, 0.717) is 47.1 Å². The summed E-state index contributed by atoms with van der Waals surface area (Å²) in [6.07, 6.45) is 11.9. The molecule has 0 saturated carbocycles. The summed E-state index contributed by atoms with van der Waals surface area (Å²) in [7, 11) is 1.74. The molecule has 0 radical (unpaired) electrons. The lowest BCUT2D eigenvalue weighted by atomic mass is 10.0. The lowest BCUT2D eigenvalue weighted by Crippen LogP contribution is -2.00. The molecule has 12 rings (SSSR count). The first-order valence-corrected chi connectivity index (χ1v) is 42.0. The van der Waals surface area contributed by atoms with Gasteiger partial charge in [-0.15, -0.1) is 0 Å². The van der Waals surface area contributed by atoms with Gasteiger partial charge in [0.25, 0.3) is 0 Å². The second-order valence-electron chi connectivity index (χ2n) is 28.8. The first-order chi connectivity index (χ1) is 56.9. The van der Waals surface area contributed by atoms with E-state index in [1.165, 1.54) is 131 Å². The highest BCUT2D eigenvalue weighted by atomic mass is 79.9. The number of hydrogen-bond donors (Lipinski definition) is 8. The smallest absolute Gasteiger partial charge is 0.187 e. The Bertz CT molecular complexity index is 4360. The Morgan fingerprint density at radius 2 is 0.672 bits per heavy atom. The number of benzene rings is 11. The number of phenols is 4. The van der Waals surface area contributed by atoms with Crippen LogP contribution in [0.25, 0.3) is 27.1 Å². The summed E-state index contributed by atoms with van der Waals surface area (Å²) < 4.78 is 33.5. The maximum Gasteiger partial charge on any atom is 0.187 e. The van der Waals surface area contributed by atoms with Gasteiger partial charge in [-0.3, -0.25) is 0 Å². The lowest BCUT2D eigenvalue weighted by Gasteiger charge is -2.13. The van der Waals surface area contributed by atoms with Crippen molar-refractivity contribution in [2.45, 2.75) is 172 Å². The SMILES string of the molecule is C.C1CCOC1.COCCCCCCOc1ccc(-c2ccc(C#N)cc2)cc1.Cc1cc(C)cc(CBr)c1.Cc1cc(C)cc(CO)c1.Cc1cc(C)cc(COc2cc(CO)cc(OCc3cc(C)cc(C)c3)c2)c1.OCc1cc(O)cc(O)c1.OCc1cc(O)cc(O)c1.[C-]#[N+]c1ccc(-c2ccc(OCCCCCCBr)cc2)cc1. The third kappa shape index (κ3) is 42.7. The fourth-order valence-electron chi connectivity index (χ4n) is 12.4. The van der Waals surface area contributed by atoms with Crippen molar-refractivity contribution in [3.63, 3.8) is 0 Å². The van der Waals surface area contributed by atoms with E-state index in [0.717, 1.165) is 119 Å². The largest absolute Gasteiger partial charge is 0.508 e. The van der Waals surface area contributed by atoms with Gasteiger partial charge in [-0.2, -0.15) is 5.26 Å². The standard InChI is InChI=1S/C25H28O3.C20H23NO2.C19H20BrNO.C9H11Br.C9H12O.2C7H8O3.C4H8O.CH4/c1-17-5-18(2)8-22(7-17)15-27-24-11-21(14-26)12-25(13-24)28-16-23-9-19(3)6-20(4)10-23;1-22-14-4-2-3-5-15-23-20-12-10-19(11-13-20)18-8-6-17(16-21)7-9-18;1-21-18-10-6-16(7-11-18)17-8-12-19(13-9-17)22-15-5-3-2-4-14-20;2*1-7-3-8(2)5-9(4-7)6-10;2*8-4-5-1-6(9)3-7(10)2-5;1-2-4-5-3-1;/h5-13,26H,14-16H2,1-4H3;6-13H,2-5,14-15H2,1H3;6-13H,2-5,14-15H2;3-5H,6H2,1-2H3;3-5,10H,6H2,1-2H3;2*1-3,8-10H,4H2;1-4H2;1H4. The predicted octanol–water partition coefficient (Wildman–Crippen LogP) is 24.2. The van der Waals surface area contributed by atoms with Gasteiger partial charge in [-0.05, 0) is 234 Å². The molecule has 0 unspecified atom stereocenters. The van der Waals surface area contributed by atoms with Crippen molar-refractivity contribution in [3.05, 3.63) is 325 Å². The molecule has 1 aliphatic rings. The fraction of sp³-hybridized carbons (Fsp3) is 0.327. The zero-order chi connectivity index (χ0) is 85.8. The van der Waals surface area contributed by atoms with Crippen molar-refractivity contribution >= 4 is 37.5 Å². The summed E-state index contributed by atoms with van der Waals surface area (Å²) in [6, 6.07) is 72.7. The zero-order valence-corrected chi connectivity index (χ0v) is 73.0. The maximum absolute atomic E-state index is 9.59. The van der Waals surface area contributed by atoms with Crippen LogP contribution in [-0.4, -0.2) is 86.3 Å². The number of nitriles is 1. The van der Waals surface area contributed by atoms with Gasteiger partial charge < -0.3 is 69.3 Å². The summed E-state index contributed by atoms with van der Waals surface area (Å²) in [5, 5.41) is 81.8. The van der Waals surface area contributed by atoms with Crippen molar-refractivity contribution in [1.29, 1.82) is 5.26 Å². The average Bonchev–Trinajstić information content (AvgIpc) is 1.26. The average molecular weight is 1750 g/mol. The lowest BCUT2D eigenvalue weighted by molar-refractivity contribution is 0.191. The summed E-state index contributed by atoms with van der Waals surface area (Å²) in [4.78, 5) is 3.41. The molecule has 1 heterocycles. The van der Waals surface area contributed by atoms with E-state index in [9.17, 15) is 5.11 Å². The van der Waals surface area contributed by atoms with Gasteiger partial charge in [-0.1, -0.05) is 237 Å². The molecule has 1 fully saturated rings. The number of aliphatic hydroxyl groups is 4. The minimum atomic E-state index is -0.179. The molecule has 0 aliphatic carbocycles. The topological polar surface area (TPSA) is 245 Å². The van der Waals surface area contributed by atoms with Gasteiger partial charge >= 0.3 is 0 Å². The third-order valence-corrected chi connectivity index (χ3v) is 18.9. The van der Waals surface area contributed by atoms with Gasteiger partial charge in [0.2, 0.25) is 0 Å². The van der Waals surface area contributed by atoms with Crippen LogP contribution in [0.2, 0.25) is 0 Å². The number of aliphatic hydroxyl groups excluding tert-OH is 4. The van der Waals surface area contributed by atoms with E-state index in [1.54, 1.807) is 7.11 Å². The first kappa shape index (κ1) is 101. The van der Waals surface area contributed by atoms with Crippen molar-refractivity contribution in [3.8, 4) is 74.3 Å². The molecule has 0 amide bonds. The molecule has 0 spiro atoms. The number of hydrogen-bond acceptors (Lipinski definition) is 15. The van der Waals surface area contributed by atoms with Crippen molar-refractivity contribution < 1.29 is 69.3 Å². The molecule has 16 nitrogen and oxygen atoms in total. The van der Waals surface area contributed by atoms with Gasteiger partial charge in [0, 0.05) is 55.8 Å². The second kappa shape index (κ2) is 58.4. The van der Waals surface area contributed by atoms with Crippen molar-refractivity contribution in [1.82, 2.24) is 0 Å². The number of phenolic OH excluding ortho intramolecular Hbond substituents is 4. The van der Waals surface area contributed by atoms with Crippen molar-refractivity contribution in [2.24, 2.45) is 0 Å². The number of halogens is 2. The van der Waals surface area contributed by atoms with Crippen LogP contribution in [-0.2, 0) is 54.4 Å². The molecule has 1 aliphatic heterocycles. The molecule has 18 heteroatoms. The quantitative estimate of drug-likeness (QED) is 0.0129. The zero-order valence-electron chi connectivity index (χ0n) is 69.8. The van der Waals surface area contributed by atoms with E-state index in [4.69, 9.17) is 76.0 Å². The van der Waals surface area contributed by atoms with Gasteiger partial charge in [-0.25, -0.2) is 4.85 Å². The number of aryl methyl sites for hydroxylation is 8. The van der Waals surface area contributed by atoms with Crippen LogP contribution in [0.15, 0.2) is 224 Å². The van der Waals surface area contributed by atoms with Gasteiger partial charge in [0.05, 0.1) is 57.8 Å². The molecule has 0 bridgehead atoms. The first-order valence-electron chi connectivity index (χ1n) is 39.7. The highest BCUT2D eigenvalue weighted by molar-refractivity contribution is 9.09. The van der Waals surface area contributed by atoms with Crippen LogP contribution >= 0.6 is 31.9 Å². The van der Waals surface area contributed by atoms with Crippen LogP contribution in [0.1, 0.15) is 161 Å². The van der Waals surface area contributed by atoms with Crippen molar-refractivity contribution in [2.75, 3.05) is 45.5 Å². The van der Waals surface area contributed by atoms with Crippen LogP contribution in [0.3, 0.4) is 0 Å². The minimum absolute atomic E-state index is 0. The Morgan fingerprint density at radius 3 is 0.983 bits per heavy atom. The number of methoxy groups -OCH3 is 1. The van der Waals surface area contributed by atoms with E-state index >= 15 is 0 Å². The molecule has 0 aromatic heterocycles. The van der Waals surface area contributed by atoms with Crippen LogP contribution in [0, 0.1) is 73.3 Å². The van der Waals surface area contributed by atoms with Crippen LogP contribution in [0.5, 0.6) is 46.0 Å². The molecular formula is C101H122Br2N2O14. The summed E-state index contributed by atoms with van der Waals surface area (Å²) in [5.41, 5.74) is 22.2. The maximum atomic E-state index is 9.59. The molecule has 8 N–H and O–H groups in total. The Balaban J connectivity index is 0.000000300. The van der Waals surface area contributed by atoms with E-state index in [2.05, 4.69) is 169 Å². The van der Waals surface area contributed by atoms with E-state index in [1.807, 2.05) is 117 Å².